The van der Waals surface area contributed by atoms with Gasteiger partial charge in [-0.25, -0.2) is 15.0 Å². The normalized spacial score (nSPS) is 15.8. The maximum Gasteiger partial charge on any atom is 0.225 e. The van der Waals surface area contributed by atoms with E-state index in [1.54, 1.807) is 23.7 Å². The van der Waals surface area contributed by atoms with Crippen molar-refractivity contribution in [2.45, 2.75) is 13.5 Å². The van der Waals surface area contributed by atoms with Gasteiger partial charge in [0.25, 0.3) is 0 Å². The van der Waals surface area contributed by atoms with E-state index in [-0.39, 0.29) is 0 Å². The van der Waals surface area contributed by atoms with Crippen LogP contribution in [-0.4, -0.2) is 59.0 Å². The van der Waals surface area contributed by atoms with Crippen LogP contribution in [0.1, 0.15) is 10.6 Å². The minimum atomic E-state index is 0.769. The summed E-state index contributed by atoms with van der Waals surface area (Å²) in [6, 6.07) is 1.84. The molecule has 0 amide bonds. The summed E-state index contributed by atoms with van der Waals surface area (Å²) in [6.45, 7) is 6.40. The second-order valence-electron chi connectivity index (χ2n) is 5.28. The Balaban J connectivity index is 1.54. The minimum absolute atomic E-state index is 0.769. The molecule has 0 unspecified atom stereocenters. The number of aryl methyl sites for hydroxylation is 1. The van der Waals surface area contributed by atoms with Crippen LogP contribution in [0.25, 0.3) is 0 Å². The molecule has 3 heterocycles. The van der Waals surface area contributed by atoms with Crippen molar-refractivity contribution >= 4 is 23.2 Å². The monoisotopic (exact) mass is 331 g/mol. The number of hydrogen-bond donors (Lipinski definition) is 1. The van der Waals surface area contributed by atoms with E-state index < -0.39 is 0 Å². The van der Waals surface area contributed by atoms with Crippen LogP contribution < -0.4 is 10.2 Å². The molecular weight excluding hydrogens is 310 g/mol. The molecule has 122 valence electrons. The van der Waals surface area contributed by atoms with Crippen LogP contribution in [-0.2, 0) is 6.54 Å². The molecule has 23 heavy (non-hydrogen) atoms. The Kier molecular flexibility index (Phi) is 5.02. The molecule has 0 aromatic carbocycles. The van der Waals surface area contributed by atoms with Crippen molar-refractivity contribution in [2.24, 2.45) is 4.99 Å². The average molecular weight is 331 g/mol. The van der Waals surface area contributed by atoms with E-state index in [0.29, 0.717) is 0 Å². The number of thiazole rings is 1. The SMILES string of the molecule is CN=C(NCc1scnc1C)N1CCN(c2ncccn2)CC1. The van der Waals surface area contributed by atoms with Crippen molar-refractivity contribution in [1.82, 2.24) is 25.2 Å². The van der Waals surface area contributed by atoms with Crippen LogP contribution in [0.3, 0.4) is 0 Å². The molecule has 0 aliphatic carbocycles. The van der Waals surface area contributed by atoms with E-state index in [2.05, 4.69) is 35.1 Å². The van der Waals surface area contributed by atoms with Gasteiger partial charge in [-0.1, -0.05) is 0 Å². The van der Waals surface area contributed by atoms with E-state index in [9.17, 15) is 0 Å². The molecule has 0 spiro atoms. The number of aliphatic imine (C=N–C) groups is 1. The van der Waals surface area contributed by atoms with Gasteiger partial charge in [-0.3, -0.25) is 4.99 Å². The number of hydrogen-bond acceptors (Lipinski definition) is 6. The second kappa shape index (κ2) is 7.36. The van der Waals surface area contributed by atoms with Gasteiger partial charge in [-0.2, -0.15) is 0 Å². The highest BCUT2D eigenvalue weighted by atomic mass is 32.1. The van der Waals surface area contributed by atoms with E-state index in [1.165, 1.54) is 4.88 Å². The number of nitrogens with one attached hydrogen (secondary N) is 1. The highest BCUT2D eigenvalue weighted by molar-refractivity contribution is 7.09. The van der Waals surface area contributed by atoms with Crippen molar-refractivity contribution in [1.29, 1.82) is 0 Å². The summed E-state index contributed by atoms with van der Waals surface area (Å²) in [6.07, 6.45) is 3.57. The fourth-order valence-electron chi connectivity index (χ4n) is 2.56. The number of piperazine rings is 1. The summed E-state index contributed by atoms with van der Waals surface area (Å²) in [5.41, 5.74) is 2.97. The zero-order chi connectivity index (χ0) is 16.1. The minimum Gasteiger partial charge on any atom is -0.351 e. The topological polar surface area (TPSA) is 69.5 Å². The summed E-state index contributed by atoms with van der Waals surface area (Å²) < 4.78 is 0. The van der Waals surface area contributed by atoms with Crippen molar-refractivity contribution in [3.63, 3.8) is 0 Å². The highest BCUT2D eigenvalue weighted by Gasteiger charge is 2.21. The molecule has 1 aliphatic rings. The Morgan fingerprint density at radius 1 is 1.22 bits per heavy atom. The zero-order valence-corrected chi connectivity index (χ0v) is 14.3. The first-order chi connectivity index (χ1) is 11.3. The Bertz CT molecular complexity index is 647. The van der Waals surface area contributed by atoms with Gasteiger partial charge in [-0.05, 0) is 13.0 Å². The van der Waals surface area contributed by atoms with E-state index in [0.717, 1.165) is 50.3 Å². The molecule has 7 nitrogen and oxygen atoms in total. The fraction of sp³-hybridized carbons (Fsp3) is 0.467. The van der Waals surface area contributed by atoms with E-state index >= 15 is 0 Å². The summed E-state index contributed by atoms with van der Waals surface area (Å²) in [4.78, 5) is 23.1. The predicted octanol–water partition coefficient (Wildman–Crippen LogP) is 1.14. The molecule has 1 N–H and O–H groups in total. The van der Waals surface area contributed by atoms with Crippen LogP contribution in [0.15, 0.2) is 29.0 Å². The summed E-state index contributed by atoms with van der Waals surface area (Å²) in [5, 5.41) is 3.43. The number of aromatic nitrogens is 3. The summed E-state index contributed by atoms with van der Waals surface area (Å²) in [7, 11) is 1.83. The lowest BCUT2D eigenvalue weighted by Crippen LogP contribution is -2.52. The zero-order valence-electron chi connectivity index (χ0n) is 13.4. The van der Waals surface area contributed by atoms with Gasteiger partial charge < -0.3 is 15.1 Å². The predicted molar refractivity (Wildman–Crippen MR) is 92.9 cm³/mol. The molecule has 8 heteroatoms. The van der Waals surface area contributed by atoms with Gasteiger partial charge >= 0.3 is 0 Å². The molecule has 2 aromatic rings. The number of guanidine groups is 1. The Hall–Kier alpha value is -2.22. The first-order valence-corrected chi connectivity index (χ1v) is 8.52. The third kappa shape index (κ3) is 3.76. The molecule has 0 saturated carbocycles. The molecule has 0 atom stereocenters. The second-order valence-corrected chi connectivity index (χ2v) is 6.22. The van der Waals surface area contributed by atoms with Crippen molar-refractivity contribution in [3.05, 3.63) is 34.5 Å². The lowest BCUT2D eigenvalue weighted by atomic mass is 10.3. The molecule has 1 saturated heterocycles. The van der Waals surface area contributed by atoms with Crippen LogP contribution in [0.4, 0.5) is 5.95 Å². The molecule has 2 aromatic heterocycles. The van der Waals surface area contributed by atoms with Crippen LogP contribution in [0.2, 0.25) is 0 Å². The number of nitrogens with zero attached hydrogens (tertiary/aromatic N) is 6. The largest absolute Gasteiger partial charge is 0.351 e. The van der Waals surface area contributed by atoms with Crippen LogP contribution in [0, 0.1) is 6.92 Å². The summed E-state index contributed by atoms with van der Waals surface area (Å²) >= 11 is 1.67. The molecule has 1 fully saturated rings. The number of rotatable bonds is 3. The molecular formula is C15H21N7S. The summed E-state index contributed by atoms with van der Waals surface area (Å²) in [5.74, 6) is 1.74. The maximum atomic E-state index is 4.40. The first-order valence-electron chi connectivity index (χ1n) is 7.64. The van der Waals surface area contributed by atoms with Gasteiger partial charge in [-0.15, -0.1) is 11.3 Å². The number of anilines is 1. The third-order valence-corrected chi connectivity index (χ3v) is 4.81. The van der Waals surface area contributed by atoms with Gasteiger partial charge in [0.2, 0.25) is 5.95 Å². The van der Waals surface area contributed by atoms with Crippen molar-refractivity contribution in [2.75, 3.05) is 38.1 Å². The molecule has 1 aliphatic heterocycles. The van der Waals surface area contributed by atoms with Gasteiger partial charge in [0.1, 0.15) is 0 Å². The van der Waals surface area contributed by atoms with Crippen molar-refractivity contribution < 1.29 is 0 Å². The van der Waals surface area contributed by atoms with Crippen LogP contribution in [0.5, 0.6) is 0 Å². The van der Waals surface area contributed by atoms with Gasteiger partial charge in [0, 0.05) is 50.5 Å². The lowest BCUT2D eigenvalue weighted by Gasteiger charge is -2.36. The lowest BCUT2D eigenvalue weighted by molar-refractivity contribution is 0.370. The Morgan fingerprint density at radius 2 is 1.96 bits per heavy atom. The highest BCUT2D eigenvalue weighted by Crippen LogP contribution is 2.12. The molecule has 3 rings (SSSR count). The van der Waals surface area contributed by atoms with Crippen LogP contribution >= 0.6 is 11.3 Å². The standard InChI is InChI=1S/C15H21N7S/c1-12-13(23-11-20-12)10-19-14(16-2)21-6-8-22(9-7-21)15-17-4-3-5-18-15/h3-5,11H,6-10H2,1-2H3,(H,16,19). The molecule has 0 bridgehead atoms. The first kappa shape index (κ1) is 15.7. The maximum absolute atomic E-state index is 4.40. The Morgan fingerprint density at radius 3 is 2.57 bits per heavy atom. The third-order valence-electron chi connectivity index (χ3n) is 3.88. The van der Waals surface area contributed by atoms with Gasteiger partial charge in [0.05, 0.1) is 17.7 Å². The average Bonchev–Trinajstić information content (AvgIpc) is 3.02. The van der Waals surface area contributed by atoms with E-state index in [1.807, 2.05) is 25.5 Å². The smallest absolute Gasteiger partial charge is 0.225 e. The fourth-order valence-corrected chi connectivity index (χ4v) is 3.28. The van der Waals surface area contributed by atoms with Gasteiger partial charge in [0.15, 0.2) is 5.96 Å². The Labute approximate surface area is 140 Å². The quantitative estimate of drug-likeness (QED) is 0.672. The van der Waals surface area contributed by atoms with E-state index in [4.69, 9.17) is 0 Å². The molecule has 0 radical (unpaired) electrons. The van der Waals surface area contributed by atoms with Crippen molar-refractivity contribution in [3.8, 4) is 0 Å².